The van der Waals surface area contributed by atoms with Crippen LogP contribution in [0.3, 0.4) is 0 Å². The summed E-state index contributed by atoms with van der Waals surface area (Å²) in [6, 6.07) is -0.491. The minimum absolute atomic E-state index is 0.0354. The van der Waals surface area contributed by atoms with Crippen molar-refractivity contribution in [3.63, 3.8) is 0 Å². The molecule has 7 rings (SSSR count). The zero-order chi connectivity index (χ0) is 54.2. The summed E-state index contributed by atoms with van der Waals surface area (Å²) in [5.74, 6) is -6.22. The number of alkyl halides is 3. The number of rotatable bonds is 11. The first-order valence-corrected chi connectivity index (χ1v) is 26.2. The van der Waals surface area contributed by atoms with E-state index in [-0.39, 0.29) is 49.7 Å². The van der Waals surface area contributed by atoms with Crippen LogP contribution in [0.4, 0.5) is 13.2 Å². The van der Waals surface area contributed by atoms with Crippen LogP contribution in [0.1, 0.15) is 108 Å². The normalized spacial score (nSPS) is 44.2. The number of aliphatic hydroxyl groups excluding tert-OH is 1. The number of amides is 2. The molecule has 0 aromatic rings. The van der Waals surface area contributed by atoms with Gasteiger partial charge in [-0.2, -0.15) is 13.2 Å². The van der Waals surface area contributed by atoms with Gasteiger partial charge in [0.25, 0.3) is 5.91 Å². The largest absolute Gasteiger partial charge is 0.471 e. The van der Waals surface area contributed by atoms with Crippen LogP contribution in [-0.2, 0) is 61.8 Å². The van der Waals surface area contributed by atoms with Gasteiger partial charge in [-0.05, 0) is 76.7 Å². The standard InChI is InChI=1S/C54H79F3N2O15/c1-13-28(4)45-31(7)19-20-51(74-45)25-37-22-36(73-51)18-17-30(6)44(29(5)15-14-16-35-26-67-47-43(60)32(8)21-38(48(61)70-37)53(35,47)64)71-41-23-39(65-11)46(33(9)68-41)72-42-24-40(66-12)52(34(10)69-42,49(62)58-27(2)3)59-50(63)54(55,56)57/h14-17,19-21,27-29,31,33-34,36-47,60,64H,13,18,22-26H2,1-12H3,(H,58,62)(H,59,63)/b15-14+,30-17+,35-16+/t28?,29?,31-,33-,34-,36+,37-,38-,39-,40-,41-,42-,43+,44-,45+,46-,47+,51+,52-,53+/m0/s1. The number of methoxy groups -OCH3 is 2. The van der Waals surface area contributed by atoms with Crippen molar-refractivity contribution in [2.75, 3.05) is 20.8 Å². The third-order valence-corrected chi connectivity index (χ3v) is 16.1. The third kappa shape index (κ3) is 11.8. The SMILES string of the molecule is CCC(C)[C@H]1O[C@]2(C=C[C@@H]1C)C[C@@H]1C[C@@H](C/C=C(\C)[C@@H](O[C@H]3C[C@H](OC)[C@@H](O[C@H]4C[C@H](OC)[C@](NC(=O)C(F)(F)F)(C(=O)NC(C)C)[C@H](C)O4)[C@H](C)O3)C(C)/C=C/C=C3\CO[C@@H]4[C@H](O)C(C)=C[C@@H](C(=O)O1)[C@]34O)O2. The summed E-state index contributed by atoms with van der Waals surface area (Å²) in [7, 11) is 2.75. The summed E-state index contributed by atoms with van der Waals surface area (Å²) in [5.41, 5.74) is -2.43. The Bertz CT molecular complexity index is 2190. The van der Waals surface area contributed by atoms with E-state index in [9.17, 15) is 37.8 Å². The highest BCUT2D eigenvalue weighted by Gasteiger charge is 2.62. The Labute approximate surface area is 432 Å². The molecule has 0 radical (unpaired) electrons. The smallest absolute Gasteiger partial charge is 0.462 e. The molecule has 1 aliphatic carbocycles. The first-order valence-electron chi connectivity index (χ1n) is 26.2. The number of hydrogen-bond acceptors (Lipinski definition) is 15. The quantitative estimate of drug-likeness (QED) is 0.139. The second-order valence-electron chi connectivity index (χ2n) is 21.8. The monoisotopic (exact) mass is 1050 g/mol. The molecule has 4 N–H and O–H groups in total. The zero-order valence-corrected chi connectivity index (χ0v) is 44.7. The molecule has 0 saturated carbocycles. The van der Waals surface area contributed by atoms with Crippen LogP contribution in [0.2, 0.25) is 0 Å². The lowest BCUT2D eigenvalue weighted by atomic mass is 9.71. The molecular weight excluding hydrogens is 974 g/mol. The van der Waals surface area contributed by atoms with Gasteiger partial charge in [0.2, 0.25) is 0 Å². The maximum absolute atomic E-state index is 14.4. The summed E-state index contributed by atoms with van der Waals surface area (Å²) in [5, 5.41) is 28.3. The predicted molar refractivity (Wildman–Crippen MR) is 262 cm³/mol. The lowest BCUT2D eigenvalue weighted by molar-refractivity contribution is -0.316. The van der Waals surface area contributed by atoms with Crippen molar-refractivity contribution in [1.29, 1.82) is 0 Å². The Morgan fingerprint density at radius 2 is 1.65 bits per heavy atom. The van der Waals surface area contributed by atoms with Crippen molar-refractivity contribution in [3.05, 3.63) is 59.3 Å². The fourth-order valence-electron chi connectivity index (χ4n) is 11.8. The minimum Gasteiger partial charge on any atom is -0.462 e. The van der Waals surface area contributed by atoms with Crippen molar-refractivity contribution < 1.29 is 85.1 Å². The zero-order valence-electron chi connectivity index (χ0n) is 44.7. The van der Waals surface area contributed by atoms with E-state index < -0.39 is 126 Å². The highest BCUT2D eigenvalue weighted by atomic mass is 19.4. The number of allylic oxidation sites excluding steroid dienone is 2. The minimum atomic E-state index is -5.30. The molecule has 20 atom stereocenters. The highest BCUT2D eigenvalue weighted by Crippen LogP contribution is 2.47. The number of halogens is 3. The number of carbonyl (C=O) groups is 3. The van der Waals surface area contributed by atoms with Gasteiger partial charge in [0.05, 0.1) is 49.3 Å². The number of carbonyl (C=O) groups excluding carboxylic acids is 3. The molecule has 6 heterocycles. The molecule has 4 fully saturated rings. The van der Waals surface area contributed by atoms with Crippen LogP contribution >= 0.6 is 0 Å². The maximum atomic E-state index is 14.4. The van der Waals surface area contributed by atoms with Gasteiger partial charge in [-0.3, -0.25) is 14.4 Å². The van der Waals surface area contributed by atoms with Gasteiger partial charge >= 0.3 is 18.1 Å². The van der Waals surface area contributed by atoms with Crippen LogP contribution in [0.5, 0.6) is 0 Å². The molecular formula is C54H79F3N2O15. The molecule has 0 aromatic carbocycles. The highest BCUT2D eigenvalue weighted by molar-refractivity contribution is 5.94. The second kappa shape index (κ2) is 23.2. The lowest BCUT2D eigenvalue weighted by Crippen LogP contribution is -2.76. The first kappa shape index (κ1) is 58.1. The van der Waals surface area contributed by atoms with Crippen LogP contribution in [0.15, 0.2) is 59.3 Å². The molecule has 74 heavy (non-hydrogen) atoms. The van der Waals surface area contributed by atoms with Crippen molar-refractivity contribution in [2.24, 2.45) is 23.7 Å². The molecule has 4 saturated heterocycles. The van der Waals surface area contributed by atoms with E-state index >= 15 is 0 Å². The number of nitrogens with one attached hydrogen (secondary N) is 2. The molecule has 7 aliphatic rings. The summed E-state index contributed by atoms with van der Waals surface area (Å²) in [6.45, 7) is 18.4. The molecule has 20 heteroatoms. The van der Waals surface area contributed by atoms with E-state index in [1.807, 2.05) is 31.3 Å². The van der Waals surface area contributed by atoms with Crippen molar-refractivity contribution in [1.82, 2.24) is 10.6 Å². The summed E-state index contributed by atoms with van der Waals surface area (Å²) < 4.78 is 105. The summed E-state index contributed by atoms with van der Waals surface area (Å²) >= 11 is 0. The van der Waals surface area contributed by atoms with Gasteiger partial charge in [-0.15, -0.1) is 0 Å². The number of fused-ring (bicyclic) bond motifs is 2. The molecule has 2 unspecified atom stereocenters. The van der Waals surface area contributed by atoms with Crippen LogP contribution in [-0.4, -0.2) is 158 Å². The molecule has 0 aromatic heterocycles. The molecule has 416 valence electrons. The molecule has 1 spiro atoms. The number of hydrogen-bond donors (Lipinski definition) is 4. The summed E-state index contributed by atoms with van der Waals surface area (Å²) in [6.07, 6.45) is -1.36. The van der Waals surface area contributed by atoms with Gasteiger partial charge in [0.15, 0.2) is 23.9 Å². The van der Waals surface area contributed by atoms with E-state index in [1.165, 1.54) is 21.1 Å². The van der Waals surface area contributed by atoms with E-state index in [4.69, 9.17) is 47.4 Å². The third-order valence-electron chi connectivity index (χ3n) is 16.1. The fraction of sp³-hybridized carbons (Fsp3) is 0.759. The Morgan fingerprint density at radius 1 is 0.932 bits per heavy atom. The molecule has 17 nitrogen and oxygen atoms in total. The molecule has 2 bridgehead atoms. The van der Waals surface area contributed by atoms with Gasteiger partial charge in [0, 0.05) is 57.8 Å². The van der Waals surface area contributed by atoms with Crippen LogP contribution < -0.4 is 10.6 Å². The van der Waals surface area contributed by atoms with Crippen LogP contribution in [0, 0.1) is 23.7 Å². The van der Waals surface area contributed by atoms with Crippen molar-refractivity contribution in [2.45, 2.75) is 217 Å². The van der Waals surface area contributed by atoms with E-state index in [0.29, 0.717) is 24.0 Å². The van der Waals surface area contributed by atoms with Crippen molar-refractivity contribution in [3.8, 4) is 0 Å². The number of esters is 1. The van der Waals surface area contributed by atoms with E-state index in [2.05, 4.69) is 38.2 Å². The Hall–Kier alpha value is -3.54. The molecule has 6 aliphatic heterocycles. The summed E-state index contributed by atoms with van der Waals surface area (Å²) in [4.78, 5) is 40.5. The lowest BCUT2D eigenvalue weighted by Gasteiger charge is -2.50. The van der Waals surface area contributed by atoms with Gasteiger partial charge in [-0.1, -0.05) is 70.6 Å². The number of aliphatic hydroxyl groups is 2. The second-order valence-corrected chi connectivity index (χ2v) is 21.8. The predicted octanol–water partition coefficient (Wildman–Crippen LogP) is 5.96. The van der Waals surface area contributed by atoms with E-state index in [0.717, 1.165) is 12.0 Å². The topological polar surface area (TPSA) is 208 Å². The fourth-order valence-corrected chi connectivity index (χ4v) is 11.8. The van der Waals surface area contributed by atoms with Gasteiger partial charge in [-0.25, -0.2) is 0 Å². The first-order chi connectivity index (χ1) is 34.8. The van der Waals surface area contributed by atoms with Gasteiger partial charge in [0.1, 0.15) is 35.9 Å². The average molecular weight is 1050 g/mol. The van der Waals surface area contributed by atoms with Crippen molar-refractivity contribution >= 4 is 17.8 Å². The Balaban J connectivity index is 1.15. The Kier molecular flexibility index (Phi) is 18.2. The van der Waals surface area contributed by atoms with Gasteiger partial charge < -0.3 is 68.2 Å². The maximum Gasteiger partial charge on any atom is 0.471 e. The number of ether oxygens (including phenoxy) is 10. The molecule has 2 amide bonds. The average Bonchev–Trinajstić information content (AvgIpc) is 3.68. The Morgan fingerprint density at radius 3 is 2.31 bits per heavy atom. The van der Waals surface area contributed by atoms with E-state index in [1.54, 1.807) is 45.9 Å². The van der Waals surface area contributed by atoms with Crippen LogP contribution in [0.25, 0.3) is 0 Å².